The summed E-state index contributed by atoms with van der Waals surface area (Å²) in [5.74, 6) is 1.00. The van der Waals surface area contributed by atoms with E-state index in [-0.39, 0.29) is 0 Å². The highest BCUT2D eigenvalue weighted by Gasteiger charge is 2.07. The summed E-state index contributed by atoms with van der Waals surface area (Å²) in [5, 5.41) is 0. The summed E-state index contributed by atoms with van der Waals surface area (Å²) in [6, 6.07) is 0. The van der Waals surface area contributed by atoms with E-state index in [1.807, 2.05) is 0 Å². The molecule has 0 aromatic carbocycles. The van der Waals surface area contributed by atoms with E-state index in [1.165, 1.54) is 57.8 Å². The van der Waals surface area contributed by atoms with Crippen LogP contribution >= 0.6 is 0 Å². The van der Waals surface area contributed by atoms with Gasteiger partial charge in [0.1, 0.15) is 5.78 Å². The molecular formula is C18H32O. The topological polar surface area (TPSA) is 17.1 Å². The molecule has 0 radical (unpaired) electrons. The fraction of sp³-hybridized carbons (Fsp3) is 0.833. The zero-order valence-corrected chi connectivity index (χ0v) is 12.8. The Morgan fingerprint density at radius 1 is 0.842 bits per heavy atom. The summed E-state index contributed by atoms with van der Waals surface area (Å²) >= 11 is 0. The van der Waals surface area contributed by atoms with E-state index in [4.69, 9.17) is 0 Å². The Morgan fingerprint density at radius 3 is 2.11 bits per heavy atom. The first-order chi connectivity index (χ1) is 9.29. The minimum absolute atomic E-state index is 0.477. The molecule has 0 aliphatic heterocycles. The minimum atomic E-state index is 0.477. The fourth-order valence-electron chi connectivity index (χ4n) is 2.84. The van der Waals surface area contributed by atoms with E-state index in [9.17, 15) is 4.79 Å². The second kappa shape index (κ2) is 11.3. The van der Waals surface area contributed by atoms with Gasteiger partial charge in [0.05, 0.1) is 0 Å². The van der Waals surface area contributed by atoms with Crippen molar-refractivity contribution in [1.29, 1.82) is 0 Å². The molecule has 1 heteroatoms. The number of hydrogen-bond donors (Lipinski definition) is 0. The number of rotatable bonds is 0. The lowest BCUT2D eigenvalue weighted by Crippen LogP contribution is -2.04. The van der Waals surface area contributed by atoms with Crippen LogP contribution < -0.4 is 0 Å². The Labute approximate surface area is 119 Å². The molecule has 1 aliphatic carbocycles. The number of hydrogen-bond acceptors (Lipinski definition) is 1. The molecule has 0 N–H and O–H groups in total. The van der Waals surface area contributed by atoms with Gasteiger partial charge in [-0.2, -0.15) is 0 Å². The third-order valence-corrected chi connectivity index (χ3v) is 4.11. The van der Waals surface area contributed by atoms with Gasteiger partial charge in [0.2, 0.25) is 0 Å². The maximum absolute atomic E-state index is 11.8. The van der Waals surface area contributed by atoms with Crippen molar-refractivity contribution < 1.29 is 4.79 Å². The lowest BCUT2D eigenvalue weighted by molar-refractivity contribution is -0.119. The van der Waals surface area contributed by atoms with Crippen LogP contribution in [0.5, 0.6) is 0 Å². The van der Waals surface area contributed by atoms with Gasteiger partial charge in [-0.15, -0.1) is 0 Å². The van der Waals surface area contributed by atoms with E-state index >= 15 is 0 Å². The van der Waals surface area contributed by atoms with Gasteiger partial charge in [-0.1, -0.05) is 64.0 Å². The molecule has 19 heavy (non-hydrogen) atoms. The van der Waals surface area contributed by atoms with Crippen LogP contribution in [0.1, 0.15) is 90.4 Å². The summed E-state index contributed by atoms with van der Waals surface area (Å²) in [6.45, 7) is 2.20. The standard InChI is InChI=1S/C18H32O/c1-17-14-12-10-8-6-4-2-3-5-7-9-11-13-15-18(19)16-17/h10,12,17H,2-9,11,13-16H2,1H3/b12-10-. The quantitative estimate of drug-likeness (QED) is 0.503. The van der Waals surface area contributed by atoms with E-state index in [0.29, 0.717) is 11.7 Å². The normalized spacial score (nSPS) is 27.6. The molecule has 0 saturated carbocycles. The van der Waals surface area contributed by atoms with Gasteiger partial charge >= 0.3 is 0 Å². The highest BCUT2D eigenvalue weighted by molar-refractivity contribution is 5.78. The zero-order valence-electron chi connectivity index (χ0n) is 12.8. The second-order valence-corrected chi connectivity index (χ2v) is 6.28. The molecule has 1 atom stereocenters. The van der Waals surface area contributed by atoms with Crippen molar-refractivity contribution in [2.75, 3.05) is 0 Å². The van der Waals surface area contributed by atoms with Gasteiger partial charge in [-0.05, 0) is 31.6 Å². The van der Waals surface area contributed by atoms with Crippen molar-refractivity contribution in [3.63, 3.8) is 0 Å². The average molecular weight is 264 g/mol. The predicted octanol–water partition coefficient (Wildman–Crippen LogP) is 5.83. The maximum atomic E-state index is 11.8. The van der Waals surface area contributed by atoms with Crippen molar-refractivity contribution in [3.05, 3.63) is 12.2 Å². The molecule has 1 nitrogen and oxygen atoms in total. The Morgan fingerprint density at radius 2 is 1.42 bits per heavy atom. The molecule has 0 amide bonds. The summed E-state index contributed by atoms with van der Waals surface area (Å²) in [5.41, 5.74) is 0. The van der Waals surface area contributed by atoms with Gasteiger partial charge in [-0.25, -0.2) is 0 Å². The Balaban J connectivity index is 2.28. The molecule has 0 fully saturated rings. The average Bonchev–Trinajstić information content (AvgIpc) is 2.38. The highest BCUT2D eigenvalue weighted by atomic mass is 16.1. The van der Waals surface area contributed by atoms with Gasteiger partial charge in [0.25, 0.3) is 0 Å². The maximum Gasteiger partial charge on any atom is 0.133 e. The van der Waals surface area contributed by atoms with Crippen LogP contribution in [0.25, 0.3) is 0 Å². The first-order valence-corrected chi connectivity index (χ1v) is 8.45. The van der Waals surface area contributed by atoms with Crippen LogP contribution in [0.15, 0.2) is 12.2 Å². The van der Waals surface area contributed by atoms with Gasteiger partial charge in [-0.3, -0.25) is 4.79 Å². The van der Waals surface area contributed by atoms with Crippen molar-refractivity contribution in [3.8, 4) is 0 Å². The van der Waals surface area contributed by atoms with Gasteiger partial charge < -0.3 is 0 Å². The van der Waals surface area contributed by atoms with Crippen LogP contribution in [0.2, 0.25) is 0 Å². The Bertz CT molecular complexity index is 254. The molecular weight excluding hydrogens is 232 g/mol. The molecule has 0 spiro atoms. The van der Waals surface area contributed by atoms with Crippen molar-refractivity contribution in [2.45, 2.75) is 90.4 Å². The number of carbonyl (C=O) groups is 1. The van der Waals surface area contributed by atoms with Crippen LogP contribution in [0.3, 0.4) is 0 Å². The predicted molar refractivity (Wildman–Crippen MR) is 83.3 cm³/mol. The Hall–Kier alpha value is -0.590. The number of allylic oxidation sites excluding steroid dienone is 2. The molecule has 0 aromatic heterocycles. The van der Waals surface area contributed by atoms with E-state index in [0.717, 1.165) is 25.7 Å². The molecule has 110 valence electrons. The molecule has 0 aromatic rings. The van der Waals surface area contributed by atoms with Crippen LogP contribution in [-0.4, -0.2) is 5.78 Å². The lowest BCUT2D eigenvalue weighted by atomic mass is 9.97. The monoisotopic (exact) mass is 264 g/mol. The number of ketones is 1. The van der Waals surface area contributed by atoms with E-state index in [2.05, 4.69) is 19.1 Å². The third kappa shape index (κ3) is 9.92. The summed E-state index contributed by atoms with van der Waals surface area (Å²) < 4.78 is 0. The highest BCUT2D eigenvalue weighted by Crippen LogP contribution is 2.15. The minimum Gasteiger partial charge on any atom is -0.300 e. The van der Waals surface area contributed by atoms with Gasteiger partial charge in [0, 0.05) is 12.8 Å². The molecule has 1 aliphatic rings. The molecule has 0 heterocycles. The number of Topliss-reactive ketones (excluding diaryl/α,β-unsaturated/α-hetero) is 1. The summed E-state index contributed by atoms with van der Waals surface area (Å²) in [7, 11) is 0. The van der Waals surface area contributed by atoms with Crippen molar-refractivity contribution >= 4 is 5.78 Å². The molecule has 1 rings (SSSR count). The first kappa shape index (κ1) is 16.5. The van der Waals surface area contributed by atoms with Gasteiger partial charge in [0.15, 0.2) is 0 Å². The Kier molecular flexibility index (Phi) is 9.75. The first-order valence-electron chi connectivity index (χ1n) is 8.45. The van der Waals surface area contributed by atoms with Crippen LogP contribution in [0.4, 0.5) is 0 Å². The fourth-order valence-corrected chi connectivity index (χ4v) is 2.84. The van der Waals surface area contributed by atoms with Crippen LogP contribution in [-0.2, 0) is 4.79 Å². The molecule has 1 unspecified atom stereocenters. The van der Waals surface area contributed by atoms with Crippen LogP contribution in [0, 0.1) is 5.92 Å². The largest absolute Gasteiger partial charge is 0.300 e. The smallest absolute Gasteiger partial charge is 0.133 e. The summed E-state index contributed by atoms with van der Waals surface area (Å²) in [6.07, 6.45) is 20.5. The second-order valence-electron chi connectivity index (χ2n) is 6.28. The SMILES string of the molecule is CC1C/C=C\CCCCCCCCCCCC(=O)C1. The van der Waals surface area contributed by atoms with Crippen molar-refractivity contribution in [2.24, 2.45) is 5.92 Å². The summed E-state index contributed by atoms with van der Waals surface area (Å²) in [4.78, 5) is 11.8. The van der Waals surface area contributed by atoms with E-state index in [1.54, 1.807) is 0 Å². The molecule has 0 bridgehead atoms. The third-order valence-electron chi connectivity index (χ3n) is 4.11. The zero-order chi connectivity index (χ0) is 13.8. The van der Waals surface area contributed by atoms with Crippen molar-refractivity contribution in [1.82, 2.24) is 0 Å². The number of carbonyl (C=O) groups excluding carboxylic acids is 1. The van der Waals surface area contributed by atoms with E-state index < -0.39 is 0 Å². The lowest BCUT2D eigenvalue weighted by Gasteiger charge is -2.07. The molecule has 0 saturated heterocycles.